The van der Waals surface area contributed by atoms with Gasteiger partial charge in [-0.2, -0.15) is 0 Å². The predicted molar refractivity (Wildman–Crippen MR) is 83.6 cm³/mol. The largest absolute Gasteiger partial charge is 0.368 e. The molecule has 112 valence electrons. The third kappa shape index (κ3) is 2.98. The van der Waals surface area contributed by atoms with Crippen LogP contribution in [0.3, 0.4) is 0 Å². The van der Waals surface area contributed by atoms with Gasteiger partial charge in [-0.05, 0) is 62.9 Å². The highest BCUT2D eigenvalue weighted by molar-refractivity contribution is 5.56. The van der Waals surface area contributed by atoms with Crippen LogP contribution in [0.2, 0.25) is 0 Å². The average Bonchev–Trinajstić information content (AvgIpc) is 2.42. The first-order valence-electron chi connectivity index (χ1n) is 7.67. The molecule has 0 spiro atoms. The van der Waals surface area contributed by atoms with Gasteiger partial charge in [0.2, 0.25) is 0 Å². The Balaban J connectivity index is 2.40. The Hall–Kier alpha value is -1.09. The summed E-state index contributed by atoms with van der Waals surface area (Å²) in [5.74, 6) is 1.20. The molecule has 0 amide bonds. The molecule has 1 N–H and O–H groups in total. The standard InChI is InChI=1S/C17H27FN2/c1-11-8-12(2)14(4)20(10-11)17-7-6-15(18)9-16(17)13(3)19-5/h6-7,9,11-14,19H,8,10H2,1-5H3. The molecule has 0 aromatic heterocycles. The Labute approximate surface area is 122 Å². The maximum absolute atomic E-state index is 13.6. The lowest BCUT2D eigenvalue weighted by Gasteiger charge is -2.44. The number of nitrogens with one attached hydrogen (secondary N) is 1. The number of nitrogens with zero attached hydrogens (tertiary/aromatic N) is 1. The summed E-state index contributed by atoms with van der Waals surface area (Å²) in [7, 11) is 1.92. The van der Waals surface area contributed by atoms with E-state index in [0.717, 1.165) is 12.1 Å². The molecule has 0 aliphatic carbocycles. The summed E-state index contributed by atoms with van der Waals surface area (Å²) < 4.78 is 13.6. The van der Waals surface area contributed by atoms with Crippen LogP contribution in [0.25, 0.3) is 0 Å². The van der Waals surface area contributed by atoms with Crippen LogP contribution in [0.15, 0.2) is 18.2 Å². The fourth-order valence-corrected chi connectivity index (χ4v) is 3.32. The molecule has 0 bridgehead atoms. The smallest absolute Gasteiger partial charge is 0.123 e. The highest BCUT2D eigenvalue weighted by atomic mass is 19.1. The van der Waals surface area contributed by atoms with Crippen molar-refractivity contribution in [3.63, 3.8) is 0 Å². The number of hydrogen-bond donors (Lipinski definition) is 1. The lowest BCUT2D eigenvalue weighted by atomic mass is 9.85. The minimum absolute atomic E-state index is 0.153. The molecule has 0 radical (unpaired) electrons. The van der Waals surface area contributed by atoms with Gasteiger partial charge in [-0.15, -0.1) is 0 Å². The Morgan fingerprint density at radius 2 is 2.00 bits per heavy atom. The van der Waals surface area contributed by atoms with E-state index in [9.17, 15) is 4.39 Å². The van der Waals surface area contributed by atoms with Crippen molar-refractivity contribution in [2.24, 2.45) is 11.8 Å². The number of benzene rings is 1. The zero-order valence-electron chi connectivity index (χ0n) is 13.3. The van der Waals surface area contributed by atoms with E-state index in [2.05, 4.69) is 37.9 Å². The van der Waals surface area contributed by atoms with E-state index >= 15 is 0 Å². The van der Waals surface area contributed by atoms with Gasteiger partial charge in [0.15, 0.2) is 0 Å². The van der Waals surface area contributed by atoms with E-state index in [4.69, 9.17) is 0 Å². The number of anilines is 1. The lowest BCUT2D eigenvalue weighted by molar-refractivity contribution is 0.296. The van der Waals surface area contributed by atoms with Crippen LogP contribution < -0.4 is 10.2 Å². The number of piperidine rings is 1. The molecule has 1 heterocycles. The fraction of sp³-hybridized carbons (Fsp3) is 0.647. The Morgan fingerprint density at radius 3 is 2.65 bits per heavy atom. The van der Waals surface area contributed by atoms with Crippen molar-refractivity contribution >= 4 is 5.69 Å². The lowest BCUT2D eigenvalue weighted by Crippen LogP contribution is -2.46. The van der Waals surface area contributed by atoms with E-state index in [-0.39, 0.29) is 11.9 Å². The molecule has 1 fully saturated rings. The van der Waals surface area contributed by atoms with Crippen LogP contribution >= 0.6 is 0 Å². The van der Waals surface area contributed by atoms with Gasteiger partial charge in [-0.1, -0.05) is 13.8 Å². The topological polar surface area (TPSA) is 15.3 Å². The van der Waals surface area contributed by atoms with Crippen LogP contribution in [0, 0.1) is 17.7 Å². The molecule has 4 atom stereocenters. The highest BCUT2D eigenvalue weighted by Crippen LogP contribution is 2.35. The SMILES string of the molecule is CNC(C)c1cc(F)ccc1N1CC(C)CC(C)C1C. The van der Waals surface area contributed by atoms with Crippen molar-refractivity contribution in [2.75, 3.05) is 18.5 Å². The molecule has 1 aromatic rings. The van der Waals surface area contributed by atoms with E-state index < -0.39 is 0 Å². The molecule has 1 aliphatic heterocycles. The quantitative estimate of drug-likeness (QED) is 0.899. The van der Waals surface area contributed by atoms with Crippen LogP contribution in [0.4, 0.5) is 10.1 Å². The van der Waals surface area contributed by atoms with Crippen molar-refractivity contribution in [2.45, 2.75) is 46.2 Å². The second-order valence-corrected chi connectivity index (χ2v) is 6.42. The molecule has 1 aliphatic rings. The van der Waals surface area contributed by atoms with Gasteiger partial charge in [0.25, 0.3) is 0 Å². The zero-order chi connectivity index (χ0) is 14.9. The summed E-state index contributed by atoms with van der Waals surface area (Å²) in [6.45, 7) is 10.0. The van der Waals surface area contributed by atoms with E-state index in [1.807, 2.05) is 13.1 Å². The van der Waals surface area contributed by atoms with Gasteiger partial charge < -0.3 is 10.2 Å². The summed E-state index contributed by atoms with van der Waals surface area (Å²) in [4.78, 5) is 2.46. The number of rotatable bonds is 3. The normalized spacial score (nSPS) is 28.5. The summed E-state index contributed by atoms with van der Waals surface area (Å²) in [6.07, 6.45) is 1.27. The maximum Gasteiger partial charge on any atom is 0.123 e. The molecule has 1 aromatic carbocycles. The fourth-order valence-electron chi connectivity index (χ4n) is 3.32. The predicted octanol–water partition coefficient (Wildman–Crippen LogP) is 3.98. The van der Waals surface area contributed by atoms with E-state index in [0.29, 0.717) is 17.9 Å². The minimum Gasteiger partial charge on any atom is -0.368 e. The van der Waals surface area contributed by atoms with Crippen LogP contribution in [0.5, 0.6) is 0 Å². The molecule has 4 unspecified atom stereocenters. The summed E-state index contributed by atoms with van der Waals surface area (Å²) >= 11 is 0. The second kappa shape index (κ2) is 6.13. The zero-order valence-corrected chi connectivity index (χ0v) is 13.3. The summed E-state index contributed by atoms with van der Waals surface area (Å²) in [6, 6.07) is 5.85. The van der Waals surface area contributed by atoms with Gasteiger partial charge in [0, 0.05) is 24.3 Å². The van der Waals surface area contributed by atoms with Gasteiger partial charge >= 0.3 is 0 Å². The molecule has 2 rings (SSSR count). The van der Waals surface area contributed by atoms with Crippen molar-refractivity contribution in [3.05, 3.63) is 29.6 Å². The first kappa shape index (κ1) is 15.3. The first-order chi connectivity index (χ1) is 9.43. The summed E-state index contributed by atoms with van der Waals surface area (Å²) in [5.41, 5.74) is 2.24. The minimum atomic E-state index is -0.156. The maximum atomic E-state index is 13.6. The second-order valence-electron chi connectivity index (χ2n) is 6.42. The summed E-state index contributed by atoms with van der Waals surface area (Å²) in [5, 5.41) is 3.23. The third-order valence-corrected chi connectivity index (χ3v) is 4.80. The first-order valence-corrected chi connectivity index (χ1v) is 7.67. The molecule has 3 heteroatoms. The molecule has 0 saturated carbocycles. The molecular weight excluding hydrogens is 251 g/mol. The van der Waals surface area contributed by atoms with Crippen molar-refractivity contribution in [1.29, 1.82) is 0 Å². The van der Waals surface area contributed by atoms with Crippen LogP contribution in [-0.4, -0.2) is 19.6 Å². The number of hydrogen-bond acceptors (Lipinski definition) is 2. The van der Waals surface area contributed by atoms with Crippen LogP contribution in [-0.2, 0) is 0 Å². The van der Waals surface area contributed by atoms with Crippen molar-refractivity contribution in [1.82, 2.24) is 5.32 Å². The highest BCUT2D eigenvalue weighted by Gasteiger charge is 2.30. The van der Waals surface area contributed by atoms with Gasteiger partial charge in [-0.25, -0.2) is 4.39 Å². The van der Waals surface area contributed by atoms with Crippen molar-refractivity contribution < 1.29 is 4.39 Å². The molecule has 20 heavy (non-hydrogen) atoms. The van der Waals surface area contributed by atoms with Gasteiger partial charge in [0.1, 0.15) is 5.82 Å². The van der Waals surface area contributed by atoms with Crippen LogP contribution in [0.1, 0.15) is 45.7 Å². The van der Waals surface area contributed by atoms with E-state index in [1.165, 1.54) is 12.1 Å². The Kier molecular flexibility index (Phi) is 4.69. The Morgan fingerprint density at radius 1 is 1.30 bits per heavy atom. The van der Waals surface area contributed by atoms with Crippen molar-refractivity contribution in [3.8, 4) is 0 Å². The molecule has 1 saturated heterocycles. The van der Waals surface area contributed by atoms with Gasteiger partial charge in [0.05, 0.1) is 0 Å². The monoisotopic (exact) mass is 278 g/mol. The average molecular weight is 278 g/mol. The van der Waals surface area contributed by atoms with E-state index in [1.54, 1.807) is 12.1 Å². The third-order valence-electron chi connectivity index (χ3n) is 4.80. The molecule has 2 nitrogen and oxygen atoms in total. The molecular formula is C17H27FN2. The number of halogens is 1. The van der Waals surface area contributed by atoms with Gasteiger partial charge in [-0.3, -0.25) is 0 Å². The Bertz CT molecular complexity index is 460.